The molecule has 0 radical (unpaired) electrons. The number of halogens is 1. The van der Waals surface area contributed by atoms with Crippen molar-refractivity contribution in [3.63, 3.8) is 0 Å². The quantitative estimate of drug-likeness (QED) is 0.553. The zero-order valence-corrected chi connectivity index (χ0v) is 12.8. The lowest BCUT2D eigenvalue weighted by atomic mass is 9.85. The first-order chi connectivity index (χ1) is 9.25. The van der Waals surface area contributed by atoms with Gasteiger partial charge < -0.3 is 16.0 Å². The average Bonchev–Trinajstić information content (AvgIpc) is 3.10. The van der Waals surface area contributed by atoms with Crippen LogP contribution in [0.3, 0.4) is 0 Å². The molecule has 0 aromatic heterocycles. The second kappa shape index (κ2) is 9.19. The number of hydrogen-bond acceptors (Lipinski definition) is 3. The second-order valence-electron chi connectivity index (χ2n) is 5.70. The van der Waals surface area contributed by atoms with Gasteiger partial charge in [0, 0.05) is 19.0 Å². The first-order valence-electron chi connectivity index (χ1n) is 7.51. The molecule has 0 unspecified atom stereocenters. The van der Waals surface area contributed by atoms with Crippen molar-refractivity contribution >= 4 is 24.2 Å². The third-order valence-electron chi connectivity index (χ3n) is 3.87. The molecule has 2 rings (SSSR count). The van der Waals surface area contributed by atoms with Gasteiger partial charge in [-0.15, -0.1) is 12.4 Å². The van der Waals surface area contributed by atoms with Gasteiger partial charge in [-0.1, -0.05) is 6.42 Å². The molecule has 0 spiro atoms. The molecule has 0 saturated heterocycles. The van der Waals surface area contributed by atoms with Gasteiger partial charge in [-0.2, -0.15) is 0 Å². The van der Waals surface area contributed by atoms with Crippen molar-refractivity contribution in [1.82, 2.24) is 16.0 Å². The lowest BCUT2D eigenvalue weighted by Gasteiger charge is -2.23. The van der Waals surface area contributed by atoms with Crippen LogP contribution in [0.4, 0.5) is 0 Å². The fourth-order valence-electron chi connectivity index (χ4n) is 2.12. The number of carbonyl (C=O) groups is 2. The van der Waals surface area contributed by atoms with E-state index in [1.165, 1.54) is 19.3 Å². The molecule has 2 aliphatic rings. The van der Waals surface area contributed by atoms with Gasteiger partial charge in [0.25, 0.3) is 0 Å². The third-order valence-corrected chi connectivity index (χ3v) is 3.87. The standard InChI is InChI=1S/C14H25N3O2.ClH/c18-13(10-15-9-11-5-6-11)16-7-2-8-17-14(19)12-3-1-4-12;/h11-12,15H,1-10H2,(H,16,18)(H,17,19);1H. The fraction of sp³-hybridized carbons (Fsp3) is 0.857. The minimum absolute atomic E-state index is 0. The topological polar surface area (TPSA) is 70.2 Å². The molecule has 5 nitrogen and oxygen atoms in total. The van der Waals surface area contributed by atoms with Crippen LogP contribution in [0.25, 0.3) is 0 Å². The van der Waals surface area contributed by atoms with E-state index in [0.29, 0.717) is 19.6 Å². The summed E-state index contributed by atoms with van der Waals surface area (Å²) in [7, 11) is 0. The number of rotatable bonds is 9. The van der Waals surface area contributed by atoms with Gasteiger partial charge in [0.1, 0.15) is 0 Å². The van der Waals surface area contributed by atoms with Gasteiger partial charge in [0.2, 0.25) is 11.8 Å². The summed E-state index contributed by atoms with van der Waals surface area (Å²) in [5.74, 6) is 1.28. The summed E-state index contributed by atoms with van der Waals surface area (Å²) in [5.41, 5.74) is 0. The van der Waals surface area contributed by atoms with E-state index in [0.717, 1.165) is 31.7 Å². The summed E-state index contributed by atoms with van der Waals surface area (Å²) in [6.45, 7) is 2.66. The molecule has 0 aliphatic heterocycles. The smallest absolute Gasteiger partial charge is 0.233 e. The van der Waals surface area contributed by atoms with Crippen molar-refractivity contribution in [2.45, 2.75) is 38.5 Å². The fourth-order valence-corrected chi connectivity index (χ4v) is 2.12. The number of nitrogens with one attached hydrogen (secondary N) is 3. The van der Waals surface area contributed by atoms with Crippen molar-refractivity contribution < 1.29 is 9.59 Å². The summed E-state index contributed by atoms with van der Waals surface area (Å²) in [5, 5.41) is 8.93. The van der Waals surface area contributed by atoms with Gasteiger partial charge in [-0.05, 0) is 44.6 Å². The Bertz CT molecular complexity index is 318. The van der Waals surface area contributed by atoms with E-state index >= 15 is 0 Å². The number of hydrogen-bond donors (Lipinski definition) is 3. The summed E-state index contributed by atoms with van der Waals surface area (Å²) < 4.78 is 0. The van der Waals surface area contributed by atoms with Crippen molar-refractivity contribution in [3.8, 4) is 0 Å². The Kier molecular flexibility index (Phi) is 7.92. The van der Waals surface area contributed by atoms with Crippen LogP contribution in [0.15, 0.2) is 0 Å². The van der Waals surface area contributed by atoms with E-state index in [2.05, 4.69) is 16.0 Å². The maximum Gasteiger partial charge on any atom is 0.233 e. The largest absolute Gasteiger partial charge is 0.356 e. The van der Waals surface area contributed by atoms with E-state index in [1.54, 1.807) is 0 Å². The third kappa shape index (κ3) is 6.57. The van der Waals surface area contributed by atoms with E-state index in [9.17, 15) is 9.59 Å². The molecular weight excluding hydrogens is 278 g/mol. The zero-order chi connectivity index (χ0) is 13.5. The van der Waals surface area contributed by atoms with Crippen LogP contribution in [0, 0.1) is 11.8 Å². The molecule has 0 bridgehead atoms. The first-order valence-corrected chi connectivity index (χ1v) is 7.51. The highest BCUT2D eigenvalue weighted by Gasteiger charge is 2.24. The Morgan fingerprint density at radius 1 is 1.00 bits per heavy atom. The molecule has 116 valence electrons. The number of carbonyl (C=O) groups excluding carboxylic acids is 2. The Labute approximate surface area is 127 Å². The highest BCUT2D eigenvalue weighted by molar-refractivity contribution is 5.85. The van der Waals surface area contributed by atoms with Crippen LogP contribution in [-0.4, -0.2) is 38.0 Å². The molecule has 6 heteroatoms. The van der Waals surface area contributed by atoms with E-state index in [-0.39, 0.29) is 30.1 Å². The Hall–Kier alpha value is -0.810. The van der Waals surface area contributed by atoms with Crippen LogP contribution in [0.2, 0.25) is 0 Å². The Morgan fingerprint density at radius 3 is 2.30 bits per heavy atom. The van der Waals surface area contributed by atoms with Crippen LogP contribution in [-0.2, 0) is 9.59 Å². The van der Waals surface area contributed by atoms with Crippen LogP contribution >= 0.6 is 12.4 Å². The molecule has 0 heterocycles. The number of amides is 2. The molecule has 3 N–H and O–H groups in total. The maximum absolute atomic E-state index is 11.5. The van der Waals surface area contributed by atoms with E-state index in [4.69, 9.17) is 0 Å². The molecule has 2 amide bonds. The lowest BCUT2D eigenvalue weighted by Crippen LogP contribution is -2.38. The van der Waals surface area contributed by atoms with Crippen molar-refractivity contribution in [2.24, 2.45) is 11.8 Å². The van der Waals surface area contributed by atoms with Gasteiger partial charge in [-0.25, -0.2) is 0 Å². The van der Waals surface area contributed by atoms with Crippen molar-refractivity contribution in [2.75, 3.05) is 26.2 Å². The predicted octanol–water partition coefficient (Wildman–Crippen LogP) is 0.830. The maximum atomic E-state index is 11.5. The Morgan fingerprint density at radius 2 is 1.70 bits per heavy atom. The molecule has 2 fully saturated rings. The van der Waals surface area contributed by atoms with Gasteiger partial charge >= 0.3 is 0 Å². The van der Waals surface area contributed by atoms with Gasteiger partial charge in [0.15, 0.2) is 0 Å². The molecule has 2 aliphatic carbocycles. The van der Waals surface area contributed by atoms with Crippen LogP contribution in [0.1, 0.15) is 38.5 Å². The van der Waals surface area contributed by atoms with Gasteiger partial charge in [0.05, 0.1) is 6.54 Å². The summed E-state index contributed by atoms with van der Waals surface area (Å²) in [6, 6.07) is 0. The average molecular weight is 304 g/mol. The highest BCUT2D eigenvalue weighted by Crippen LogP contribution is 2.27. The molecule has 0 atom stereocenters. The van der Waals surface area contributed by atoms with Crippen LogP contribution in [0.5, 0.6) is 0 Å². The van der Waals surface area contributed by atoms with E-state index < -0.39 is 0 Å². The summed E-state index contributed by atoms with van der Waals surface area (Å²) in [6.07, 6.45) is 6.66. The first kappa shape index (κ1) is 17.2. The minimum atomic E-state index is 0. The predicted molar refractivity (Wildman–Crippen MR) is 80.8 cm³/mol. The SMILES string of the molecule is Cl.O=C(CNCC1CC1)NCCCNC(=O)C1CCC1. The van der Waals surface area contributed by atoms with Crippen molar-refractivity contribution in [1.29, 1.82) is 0 Å². The van der Waals surface area contributed by atoms with Gasteiger partial charge in [-0.3, -0.25) is 9.59 Å². The summed E-state index contributed by atoms with van der Waals surface area (Å²) >= 11 is 0. The van der Waals surface area contributed by atoms with Crippen molar-refractivity contribution in [3.05, 3.63) is 0 Å². The minimum Gasteiger partial charge on any atom is -0.356 e. The Balaban J connectivity index is 0.00000200. The monoisotopic (exact) mass is 303 g/mol. The zero-order valence-electron chi connectivity index (χ0n) is 12.0. The second-order valence-corrected chi connectivity index (χ2v) is 5.70. The molecule has 20 heavy (non-hydrogen) atoms. The normalized spacial score (nSPS) is 17.8. The highest BCUT2D eigenvalue weighted by atomic mass is 35.5. The molecule has 0 aromatic carbocycles. The van der Waals surface area contributed by atoms with Crippen LogP contribution < -0.4 is 16.0 Å². The van der Waals surface area contributed by atoms with E-state index in [1.807, 2.05) is 0 Å². The molecule has 2 saturated carbocycles. The lowest BCUT2D eigenvalue weighted by molar-refractivity contribution is -0.127. The summed E-state index contributed by atoms with van der Waals surface area (Å²) in [4.78, 5) is 23.0. The molecular formula is C14H26ClN3O2. The molecule has 0 aromatic rings.